The molecule has 9 heteroatoms. The largest absolute Gasteiger partial charge is 0.508 e. The molecule has 0 bridgehead atoms. The summed E-state index contributed by atoms with van der Waals surface area (Å²) in [6.45, 7) is 0. The number of fused-ring (bicyclic) bond motifs is 3. The highest BCUT2D eigenvalue weighted by atomic mass is 16.3. The fourth-order valence-corrected chi connectivity index (χ4v) is 6.46. The fraction of sp³-hybridized carbons (Fsp3) is 0.414. The summed E-state index contributed by atoms with van der Waals surface area (Å²) in [4.78, 5) is 40.6. The van der Waals surface area contributed by atoms with E-state index >= 15 is 0 Å². The molecular formula is C29H30N2O7. The number of Topliss-reactive ketones (excluding diaryl/α,β-unsaturated/α-hetero) is 2. The minimum atomic E-state index is -2.65. The van der Waals surface area contributed by atoms with Gasteiger partial charge in [0.2, 0.25) is 5.78 Å². The normalized spacial score (nSPS) is 28.7. The summed E-state index contributed by atoms with van der Waals surface area (Å²) >= 11 is 0. The van der Waals surface area contributed by atoms with Crippen molar-refractivity contribution in [3.8, 4) is 17.6 Å². The monoisotopic (exact) mass is 518 g/mol. The van der Waals surface area contributed by atoms with Gasteiger partial charge in [-0.1, -0.05) is 17.9 Å². The lowest BCUT2D eigenvalue weighted by Crippen LogP contribution is -2.65. The van der Waals surface area contributed by atoms with Crippen LogP contribution < -0.4 is 5.73 Å². The number of hydrogen-bond acceptors (Lipinski definition) is 8. The molecule has 0 heterocycles. The fourth-order valence-electron chi connectivity index (χ4n) is 6.46. The average Bonchev–Trinajstić information content (AvgIpc) is 2.86. The van der Waals surface area contributed by atoms with Gasteiger partial charge in [0.25, 0.3) is 5.91 Å². The molecule has 1 aromatic rings. The van der Waals surface area contributed by atoms with Gasteiger partial charge in [-0.25, -0.2) is 0 Å². The molecule has 9 nitrogen and oxygen atoms in total. The number of carbonyl (C=O) groups is 3. The van der Waals surface area contributed by atoms with Crippen molar-refractivity contribution in [2.24, 2.45) is 17.6 Å². The Morgan fingerprint density at radius 3 is 2.50 bits per heavy atom. The first kappa shape index (κ1) is 25.8. The number of hydrogen-bond donors (Lipinski definition) is 5. The van der Waals surface area contributed by atoms with E-state index in [9.17, 15) is 34.8 Å². The second kappa shape index (κ2) is 9.15. The van der Waals surface area contributed by atoms with Gasteiger partial charge in [-0.2, -0.15) is 0 Å². The zero-order chi connectivity index (χ0) is 27.5. The van der Waals surface area contributed by atoms with Crippen LogP contribution in [0.4, 0.5) is 0 Å². The highest BCUT2D eigenvalue weighted by molar-refractivity contribution is 6.24. The van der Waals surface area contributed by atoms with Crippen LogP contribution in [-0.2, 0) is 20.8 Å². The van der Waals surface area contributed by atoms with Crippen LogP contribution in [0, 0.1) is 23.7 Å². The molecule has 4 aliphatic carbocycles. The molecule has 1 saturated carbocycles. The lowest BCUT2D eigenvalue weighted by Gasteiger charge is -2.50. The molecule has 0 aliphatic heterocycles. The van der Waals surface area contributed by atoms with Gasteiger partial charge >= 0.3 is 0 Å². The van der Waals surface area contributed by atoms with Gasteiger partial charge in [0.15, 0.2) is 11.4 Å². The Labute approximate surface area is 219 Å². The highest BCUT2D eigenvalue weighted by Crippen LogP contribution is 2.52. The number of ketones is 2. The van der Waals surface area contributed by atoms with Crippen molar-refractivity contribution in [3.63, 3.8) is 0 Å². The maximum atomic E-state index is 13.9. The number of aromatic hydroxyl groups is 1. The Hall–Kier alpha value is -3.87. The van der Waals surface area contributed by atoms with Crippen LogP contribution in [0.15, 0.2) is 40.7 Å². The lowest BCUT2D eigenvalue weighted by molar-refractivity contribution is -0.153. The Kier molecular flexibility index (Phi) is 6.21. The second-order valence-corrected chi connectivity index (χ2v) is 10.7. The van der Waals surface area contributed by atoms with E-state index < -0.39 is 58.0 Å². The first-order valence-corrected chi connectivity index (χ1v) is 12.7. The third kappa shape index (κ3) is 3.67. The first-order chi connectivity index (χ1) is 18.0. The number of rotatable bonds is 2. The van der Waals surface area contributed by atoms with E-state index in [1.54, 1.807) is 20.2 Å². The number of carbonyl (C=O) groups excluding carboxylic acids is 3. The maximum absolute atomic E-state index is 13.9. The van der Waals surface area contributed by atoms with E-state index in [1.807, 2.05) is 0 Å². The zero-order valence-corrected chi connectivity index (χ0v) is 21.2. The summed E-state index contributed by atoms with van der Waals surface area (Å²) in [5.74, 6) is -0.319. The zero-order valence-electron chi connectivity index (χ0n) is 21.2. The van der Waals surface area contributed by atoms with Gasteiger partial charge in [-0.3, -0.25) is 19.3 Å². The Balaban J connectivity index is 1.67. The van der Waals surface area contributed by atoms with Gasteiger partial charge in [-0.05, 0) is 81.8 Å². The number of amides is 1. The van der Waals surface area contributed by atoms with Gasteiger partial charge in [0.05, 0.1) is 11.6 Å². The molecule has 1 fully saturated rings. The van der Waals surface area contributed by atoms with Gasteiger partial charge in [0, 0.05) is 17.1 Å². The number of phenols is 1. The molecule has 6 N–H and O–H groups in total. The molecule has 4 aliphatic rings. The summed E-state index contributed by atoms with van der Waals surface area (Å²) in [7, 11) is 3.14. The number of aliphatic hydroxyl groups is 3. The number of allylic oxidation sites excluding steroid dienone is 2. The van der Waals surface area contributed by atoms with Crippen LogP contribution in [0.2, 0.25) is 0 Å². The van der Waals surface area contributed by atoms with E-state index in [4.69, 9.17) is 5.73 Å². The third-order valence-electron chi connectivity index (χ3n) is 8.25. The number of primary amides is 1. The Morgan fingerprint density at radius 2 is 1.87 bits per heavy atom. The molecule has 198 valence electrons. The Morgan fingerprint density at radius 1 is 1.13 bits per heavy atom. The second-order valence-electron chi connectivity index (χ2n) is 10.7. The Bertz CT molecular complexity index is 1440. The van der Waals surface area contributed by atoms with Gasteiger partial charge < -0.3 is 26.2 Å². The molecule has 0 saturated heterocycles. The van der Waals surface area contributed by atoms with E-state index in [-0.39, 0.29) is 29.7 Å². The van der Waals surface area contributed by atoms with Crippen molar-refractivity contribution in [2.45, 2.75) is 50.2 Å². The van der Waals surface area contributed by atoms with Crippen molar-refractivity contribution in [1.29, 1.82) is 0 Å². The van der Waals surface area contributed by atoms with Crippen LogP contribution in [0.5, 0.6) is 5.75 Å². The van der Waals surface area contributed by atoms with Crippen LogP contribution in [0.1, 0.15) is 48.8 Å². The molecular weight excluding hydrogens is 488 g/mol. The van der Waals surface area contributed by atoms with Gasteiger partial charge in [-0.15, -0.1) is 0 Å². The van der Waals surface area contributed by atoms with E-state index in [1.165, 1.54) is 11.0 Å². The molecule has 0 spiro atoms. The number of nitrogens with two attached hydrogens (primary N) is 1. The molecule has 4 atom stereocenters. The quantitative estimate of drug-likeness (QED) is 0.293. The molecule has 0 radical (unpaired) electrons. The molecule has 1 amide bonds. The van der Waals surface area contributed by atoms with Crippen molar-refractivity contribution < 1.29 is 34.8 Å². The van der Waals surface area contributed by atoms with E-state index in [0.717, 1.165) is 31.3 Å². The lowest BCUT2D eigenvalue weighted by atomic mass is 9.57. The minimum absolute atomic E-state index is 0.0411. The summed E-state index contributed by atoms with van der Waals surface area (Å²) in [5, 5.41) is 44.5. The number of aliphatic hydroxyl groups excluding tert-OH is 2. The molecule has 38 heavy (non-hydrogen) atoms. The third-order valence-corrected chi connectivity index (χ3v) is 8.25. The summed E-state index contributed by atoms with van der Waals surface area (Å²) in [6, 6.07) is 1.95. The molecule has 5 rings (SSSR count). The number of benzene rings is 1. The molecule has 0 aromatic heterocycles. The SMILES string of the molecule is CN(C)[C@@H]1C(=O)C(C(N)=O)=C(O)[C@@]2(O)C(=O)C3=C(O)c4c(O)ccc(C#CC5=CCCCC5)c4C[C@H]3C[C@@H]12. The van der Waals surface area contributed by atoms with E-state index in [2.05, 4.69) is 17.9 Å². The van der Waals surface area contributed by atoms with Crippen molar-refractivity contribution in [3.05, 3.63) is 57.4 Å². The maximum Gasteiger partial charge on any atom is 0.255 e. The minimum Gasteiger partial charge on any atom is -0.508 e. The van der Waals surface area contributed by atoms with Crippen molar-refractivity contribution in [2.75, 3.05) is 14.1 Å². The summed E-state index contributed by atoms with van der Waals surface area (Å²) in [5.41, 5.74) is 3.95. The van der Waals surface area contributed by atoms with Crippen molar-refractivity contribution >= 4 is 23.2 Å². The number of nitrogens with zero attached hydrogens (tertiary/aromatic N) is 1. The van der Waals surface area contributed by atoms with Crippen LogP contribution in [-0.4, -0.2) is 68.5 Å². The number of likely N-dealkylation sites (N-methyl/N-ethyl adjacent to an activating group) is 1. The van der Waals surface area contributed by atoms with Crippen molar-refractivity contribution in [1.82, 2.24) is 4.90 Å². The van der Waals surface area contributed by atoms with Crippen LogP contribution >= 0.6 is 0 Å². The summed E-state index contributed by atoms with van der Waals surface area (Å²) in [6.07, 6.45) is 6.44. The van der Waals surface area contributed by atoms with Crippen LogP contribution in [0.3, 0.4) is 0 Å². The molecule has 0 unspecified atom stereocenters. The smallest absolute Gasteiger partial charge is 0.255 e. The van der Waals surface area contributed by atoms with Gasteiger partial charge in [0.1, 0.15) is 22.8 Å². The average molecular weight is 519 g/mol. The van der Waals surface area contributed by atoms with Crippen LogP contribution in [0.25, 0.3) is 5.76 Å². The standard InChI is InChI=1S/C29H30N2O7/c1-31(2)23-18-13-16-12-17-15(9-8-14-6-4-3-5-7-14)10-11-19(32)21(17)24(33)20(16)26(35)29(18,38)27(36)22(25(23)34)28(30)37/h6,10-11,16,18,23,32-33,36,38H,3-5,7,12-13H2,1-2H3,(H2,30,37)/t16-,18-,23-,29-/m0/s1. The van der Waals surface area contributed by atoms with E-state index in [0.29, 0.717) is 11.1 Å². The topological polar surface area (TPSA) is 161 Å². The number of phenolic OH excluding ortho intramolecular Hbond substituents is 1. The predicted molar refractivity (Wildman–Crippen MR) is 138 cm³/mol. The summed E-state index contributed by atoms with van der Waals surface area (Å²) < 4.78 is 0. The molecule has 1 aromatic carbocycles. The highest BCUT2D eigenvalue weighted by Gasteiger charge is 2.64. The predicted octanol–water partition coefficient (Wildman–Crippen LogP) is 1.82. The first-order valence-electron chi connectivity index (χ1n) is 12.7.